The van der Waals surface area contributed by atoms with E-state index in [1.54, 1.807) is 36.4 Å². The van der Waals surface area contributed by atoms with E-state index in [0.717, 1.165) is 0 Å². The maximum absolute atomic E-state index is 12.1. The normalized spacial score (nSPS) is 10.5. The average Bonchev–Trinajstić information content (AvgIpc) is 2.30. The van der Waals surface area contributed by atoms with Gasteiger partial charge in [-0.05, 0) is 19.4 Å². The molecule has 4 nitrogen and oxygen atoms in total. The van der Waals surface area contributed by atoms with E-state index in [1.807, 2.05) is 0 Å². The van der Waals surface area contributed by atoms with Gasteiger partial charge in [0.1, 0.15) is 0 Å². The van der Waals surface area contributed by atoms with Gasteiger partial charge in [0, 0.05) is 0 Å². The summed E-state index contributed by atoms with van der Waals surface area (Å²) < 4.78 is 0. The Morgan fingerprint density at radius 1 is 1.11 bits per heavy atom. The number of hydrogen-bond donors (Lipinski definition) is 0. The molecule has 1 aromatic rings. The van der Waals surface area contributed by atoms with E-state index in [4.69, 9.17) is 5.26 Å². The van der Waals surface area contributed by atoms with E-state index < -0.39 is 29.2 Å². The zero-order valence-corrected chi connectivity index (χ0v) is 10.3. The quantitative estimate of drug-likeness (QED) is 0.736. The fourth-order valence-electron chi connectivity index (χ4n) is 2.10. The Hall–Kier alpha value is -2.28. The summed E-state index contributed by atoms with van der Waals surface area (Å²) in [4.78, 5) is 35.8. The second kappa shape index (κ2) is 5.37. The summed E-state index contributed by atoms with van der Waals surface area (Å²) in [5.74, 6) is -1.78. The highest BCUT2D eigenvalue weighted by Gasteiger charge is 2.48. The number of nitriles is 1. The van der Waals surface area contributed by atoms with Gasteiger partial charge in [0.25, 0.3) is 0 Å². The highest BCUT2D eigenvalue weighted by molar-refractivity contribution is 6.29. The number of benzene rings is 1. The summed E-state index contributed by atoms with van der Waals surface area (Å²) >= 11 is 0. The maximum atomic E-state index is 12.1. The lowest BCUT2D eigenvalue weighted by Gasteiger charge is -2.26. The Balaban J connectivity index is 3.52. The molecule has 1 aromatic carbocycles. The summed E-state index contributed by atoms with van der Waals surface area (Å²) in [5.41, 5.74) is -1.51. The molecular formula is C14H13NO3. The molecule has 0 heterocycles. The molecule has 92 valence electrons. The van der Waals surface area contributed by atoms with Crippen molar-refractivity contribution in [1.82, 2.24) is 0 Å². The van der Waals surface area contributed by atoms with Gasteiger partial charge in [-0.25, -0.2) is 0 Å². The first-order chi connectivity index (χ1) is 8.47. The molecule has 0 fully saturated rings. The molecule has 0 aliphatic rings. The van der Waals surface area contributed by atoms with E-state index in [0.29, 0.717) is 5.56 Å². The highest BCUT2D eigenvalue weighted by atomic mass is 16.2. The lowest BCUT2D eigenvalue weighted by Crippen LogP contribution is -2.48. The van der Waals surface area contributed by atoms with Gasteiger partial charge < -0.3 is 0 Å². The topological polar surface area (TPSA) is 75.0 Å². The minimum absolute atomic E-state index is 0.324. The average molecular weight is 243 g/mol. The number of rotatable bonds is 5. The van der Waals surface area contributed by atoms with E-state index in [-0.39, 0.29) is 0 Å². The fourth-order valence-corrected chi connectivity index (χ4v) is 2.10. The van der Waals surface area contributed by atoms with Crippen LogP contribution in [-0.2, 0) is 19.8 Å². The number of nitrogens with zero attached hydrogens (tertiary/aromatic N) is 1. The minimum atomic E-state index is -1.84. The molecule has 4 heteroatoms. The zero-order chi connectivity index (χ0) is 13.8. The molecule has 0 bridgehead atoms. The first-order valence-corrected chi connectivity index (χ1v) is 5.45. The predicted octanol–water partition coefficient (Wildman–Crippen LogP) is 1.59. The van der Waals surface area contributed by atoms with E-state index in [2.05, 4.69) is 0 Å². The smallest absolute Gasteiger partial charge is 0.172 e. The Morgan fingerprint density at radius 2 is 1.61 bits per heavy atom. The van der Waals surface area contributed by atoms with Crippen LogP contribution in [0.3, 0.4) is 0 Å². The molecule has 0 N–H and O–H groups in total. The molecule has 0 aromatic heterocycles. The van der Waals surface area contributed by atoms with Crippen LogP contribution in [0.1, 0.15) is 25.8 Å². The van der Waals surface area contributed by atoms with Crippen molar-refractivity contribution in [2.45, 2.75) is 25.7 Å². The van der Waals surface area contributed by atoms with Gasteiger partial charge in [-0.3, -0.25) is 14.4 Å². The molecule has 1 rings (SSSR count). The molecule has 0 aliphatic carbocycles. The van der Waals surface area contributed by atoms with Crippen LogP contribution in [0.25, 0.3) is 0 Å². The van der Waals surface area contributed by atoms with Crippen LogP contribution in [0.4, 0.5) is 0 Å². The third kappa shape index (κ3) is 2.07. The lowest BCUT2D eigenvalue weighted by molar-refractivity contribution is -0.140. The van der Waals surface area contributed by atoms with E-state index >= 15 is 0 Å². The van der Waals surface area contributed by atoms with Crippen molar-refractivity contribution >= 4 is 17.3 Å². The largest absolute Gasteiger partial charge is 0.298 e. The third-order valence-electron chi connectivity index (χ3n) is 2.92. The van der Waals surface area contributed by atoms with Gasteiger partial charge in [0.2, 0.25) is 0 Å². The van der Waals surface area contributed by atoms with Gasteiger partial charge in [-0.15, -0.1) is 0 Å². The van der Waals surface area contributed by atoms with E-state index in [9.17, 15) is 14.4 Å². The van der Waals surface area contributed by atoms with Crippen LogP contribution in [0, 0.1) is 11.3 Å². The second-order valence-corrected chi connectivity index (χ2v) is 3.99. The van der Waals surface area contributed by atoms with Crippen LogP contribution >= 0.6 is 0 Å². The van der Waals surface area contributed by atoms with Crippen molar-refractivity contribution in [2.24, 2.45) is 0 Å². The molecular weight excluding hydrogens is 230 g/mol. The van der Waals surface area contributed by atoms with Crippen LogP contribution in [0.15, 0.2) is 30.3 Å². The number of carbonyl (C=O) groups is 3. The Morgan fingerprint density at radius 3 is 2.00 bits per heavy atom. The first kappa shape index (κ1) is 13.8. The van der Waals surface area contributed by atoms with Crippen molar-refractivity contribution in [2.75, 3.05) is 0 Å². The summed E-state index contributed by atoms with van der Waals surface area (Å²) in [5, 5.41) is 8.62. The number of hydrogen-bond acceptors (Lipinski definition) is 4. The van der Waals surface area contributed by atoms with E-state index in [1.165, 1.54) is 13.8 Å². The Bertz CT molecular complexity index is 512. The molecule has 0 atom stereocenters. The monoisotopic (exact) mass is 243 g/mol. The van der Waals surface area contributed by atoms with Gasteiger partial charge in [0.15, 0.2) is 22.8 Å². The molecule has 0 aliphatic heterocycles. The van der Waals surface area contributed by atoms with Crippen LogP contribution in [0.2, 0.25) is 0 Å². The molecule has 0 saturated heterocycles. The molecule has 0 unspecified atom stereocenters. The van der Waals surface area contributed by atoms with Crippen molar-refractivity contribution in [3.8, 4) is 6.07 Å². The SMILES string of the molecule is CC(=O)C(C(C)=O)(C(=O)CC#N)c1ccccc1. The van der Waals surface area contributed by atoms with Crippen molar-refractivity contribution < 1.29 is 14.4 Å². The van der Waals surface area contributed by atoms with Crippen molar-refractivity contribution in [1.29, 1.82) is 5.26 Å². The standard InChI is InChI=1S/C14H13NO3/c1-10(16)14(11(2)17,13(18)8-9-15)12-6-4-3-5-7-12/h3-7H,8H2,1-2H3. The molecule has 0 radical (unpaired) electrons. The summed E-state index contributed by atoms with van der Waals surface area (Å²) in [6.07, 6.45) is -0.464. The van der Waals surface area contributed by atoms with Gasteiger partial charge in [-0.2, -0.15) is 5.26 Å². The highest BCUT2D eigenvalue weighted by Crippen LogP contribution is 2.29. The first-order valence-electron chi connectivity index (χ1n) is 5.45. The van der Waals surface area contributed by atoms with Gasteiger partial charge in [0.05, 0.1) is 12.5 Å². The van der Waals surface area contributed by atoms with Crippen molar-refractivity contribution in [3.05, 3.63) is 35.9 Å². The summed E-state index contributed by atoms with van der Waals surface area (Å²) in [7, 11) is 0. The number of carbonyl (C=O) groups excluding carboxylic acids is 3. The van der Waals surface area contributed by atoms with Gasteiger partial charge in [-0.1, -0.05) is 30.3 Å². The van der Waals surface area contributed by atoms with Crippen LogP contribution in [-0.4, -0.2) is 17.3 Å². The second-order valence-electron chi connectivity index (χ2n) is 3.99. The molecule has 0 spiro atoms. The number of Topliss-reactive ketones (excluding diaryl/α,β-unsaturated/α-hetero) is 3. The zero-order valence-electron chi connectivity index (χ0n) is 10.3. The molecule has 0 amide bonds. The van der Waals surface area contributed by atoms with Gasteiger partial charge >= 0.3 is 0 Å². The third-order valence-corrected chi connectivity index (χ3v) is 2.92. The summed E-state index contributed by atoms with van der Waals surface area (Å²) in [6.45, 7) is 2.40. The number of ketones is 3. The minimum Gasteiger partial charge on any atom is -0.298 e. The molecule has 18 heavy (non-hydrogen) atoms. The Labute approximate surface area is 105 Å². The Kier molecular flexibility index (Phi) is 4.11. The van der Waals surface area contributed by atoms with Crippen LogP contribution in [0.5, 0.6) is 0 Å². The predicted molar refractivity (Wildman–Crippen MR) is 64.7 cm³/mol. The fraction of sp³-hybridized carbons (Fsp3) is 0.286. The summed E-state index contributed by atoms with van der Waals surface area (Å²) in [6, 6.07) is 9.83. The van der Waals surface area contributed by atoms with Crippen LogP contribution < -0.4 is 0 Å². The maximum Gasteiger partial charge on any atom is 0.172 e. The lowest BCUT2D eigenvalue weighted by atomic mass is 9.70. The van der Waals surface area contributed by atoms with Crippen molar-refractivity contribution in [3.63, 3.8) is 0 Å². The molecule has 0 saturated carbocycles.